The Morgan fingerprint density at radius 1 is 0.421 bits per heavy atom. The molecule has 0 radical (unpaired) electrons. The minimum absolute atomic E-state index is 1.15. The van der Waals surface area contributed by atoms with Crippen LogP contribution in [-0.2, 0) is 0 Å². The molecule has 6 aromatic carbocycles. The summed E-state index contributed by atoms with van der Waals surface area (Å²) in [5.41, 5.74) is 10.8. The van der Waals surface area contributed by atoms with Crippen LogP contribution < -0.4 is 4.90 Å². The topological polar surface area (TPSA) is 8.17 Å². The Hall–Kier alpha value is -5.08. The van der Waals surface area contributed by atoms with Crippen LogP contribution in [-0.4, -0.2) is 4.57 Å². The zero-order chi connectivity index (χ0) is 25.1. The highest BCUT2D eigenvalue weighted by Gasteiger charge is 2.31. The third-order valence-corrected chi connectivity index (χ3v) is 7.68. The lowest BCUT2D eigenvalue weighted by Crippen LogP contribution is -2.11. The van der Waals surface area contributed by atoms with Crippen LogP contribution in [0.1, 0.15) is 0 Å². The van der Waals surface area contributed by atoms with Crippen molar-refractivity contribution < 1.29 is 0 Å². The van der Waals surface area contributed by atoms with Crippen molar-refractivity contribution in [1.82, 2.24) is 4.57 Å². The summed E-state index contributed by atoms with van der Waals surface area (Å²) in [7, 11) is 0. The standard InChI is InChI=1S/C36H24N2/c1-3-15-27(16-4-1)37-33-22-12-10-20-30(33)36-35(31-23-25-13-7-8-14-26(25)24-34(31)37)29-19-9-11-21-32(29)38(36)28-17-5-2-6-18-28/h1-24H. The van der Waals surface area contributed by atoms with Gasteiger partial charge in [0.15, 0.2) is 0 Å². The molecule has 0 unspecified atom stereocenters. The molecular formula is C36H24N2. The van der Waals surface area contributed by atoms with Gasteiger partial charge in [-0.1, -0.05) is 97.1 Å². The van der Waals surface area contributed by atoms with E-state index in [4.69, 9.17) is 0 Å². The number of nitrogens with zero attached hydrogens (tertiary/aromatic N) is 2. The van der Waals surface area contributed by atoms with Gasteiger partial charge in [0, 0.05) is 33.5 Å². The van der Waals surface area contributed by atoms with E-state index in [-0.39, 0.29) is 0 Å². The van der Waals surface area contributed by atoms with Gasteiger partial charge in [0.25, 0.3) is 0 Å². The Morgan fingerprint density at radius 3 is 1.82 bits per heavy atom. The van der Waals surface area contributed by atoms with Gasteiger partial charge in [-0.3, -0.25) is 0 Å². The molecule has 0 N–H and O–H groups in total. The van der Waals surface area contributed by atoms with Crippen molar-refractivity contribution in [1.29, 1.82) is 0 Å². The van der Waals surface area contributed by atoms with E-state index in [0.717, 1.165) is 11.4 Å². The van der Waals surface area contributed by atoms with Gasteiger partial charge in [0.05, 0.1) is 22.6 Å². The summed E-state index contributed by atoms with van der Waals surface area (Å²) in [6, 6.07) is 52.5. The Kier molecular flexibility index (Phi) is 4.55. The maximum atomic E-state index is 2.44. The molecule has 38 heavy (non-hydrogen) atoms. The van der Waals surface area contributed by atoms with E-state index in [1.54, 1.807) is 0 Å². The Labute approximate surface area is 221 Å². The zero-order valence-electron chi connectivity index (χ0n) is 20.8. The fraction of sp³-hybridized carbons (Fsp3) is 0. The molecule has 0 saturated heterocycles. The monoisotopic (exact) mass is 484 g/mol. The van der Waals surface area contributed by atoms with E-state index < -0.39 is 0 Å². The molecule has 2 heteroatoms. The summed E-state index contributed by atoms with van der Waals surface area (Å²) in [6.07, 6.45) is 0. The number of fused-ring (bicyclic) bond motifs is 8. The minimum atomic E-state index is 1.15. The zero-order valence-corrected chi connectivity index (χ0v) is 20.8. The minimum Gasteiger partial charge on any atom is -0.309 e. The molecule has 178 valence electrons. The van der Waals surface area contributed by atoms with E-state index in [1.165, 1.54) is 55.4 Å². The number of aromatic nitrogens is 1. The lowest BCUT2D eigenvalue weighted by atomic mass is 9.95. The molecule has 1 aliphatic heterocycles. The van der Waals surface area contributed by atoms with Gasteiger partial charge in [-0.2, -0.15) is 0 Å². The highest BCUT2D eigenvalue weighted by atomic mass is 15.2. The van der Waals surface area contributed by atoms with E-state index in [0.29, 0.717) is 0 Å². The maximum absolute atomic E-state index is 2.44. The van der Waals surface area contributed by atoms with Crippen LogP contribution in [0.2, 0.25) is 0 Å². The van der Waals surface area contributed by atoms with Gasteiger partial charge in [-0.05, 0) is 59.3 Å². The van der Waals surface area contributed by atoms with Crippen molar-refractivity contribution in [2.45, 2.75) is 0 Å². The molecule has 1 aromatic heterocycles. The Bertz CT molecular complexity index is 1970. The van der Waals surface area contributed by atoms with E-state index in [9.17, 15) is 0 Å². The largest absolute Gasteiger partial charge is 0.309 e. The summed E-state index contributed by atoms with van der Waals surface area (Å²) < 4.78 is 2.44. The fourth-order valence-corrected chi connectivity index (χ4v) is 6.08. The second kappa shape index (κ2) is 8.22. The van der Waals surface area contributed by atoms with Crippen molar-refractivity contribution in [3.63, 3.8) is 0 Å². The predicted octanol–water partition coefficient (Wildman–Crippen LogP) is 9.90. The average molecular weight is 485 g/mol. The molecule has 0 aliphatic carbocycles. The molecule has 0 atom stereocenters. The lowest BCUT2D eigenvalue weighted by molar-refractivity contribution is 1.13. The molecule has 0 fully saturated rings. The third-order valence-electron chi connectivity index (χ3n) is 7.68. The van der Waals surface area contributed by atoms with E-state index >= 15 is 0 Å². The summed E-state index contributed by atoms with van der Waals surface area (Å²) in [5.74, 6) is 0. The van der Waals surface area contributed by atoms with Crippen LogP contribution >= 0.6 is 0 Å². The summed E-state index contributed by atoms with van der Waals surface area (Å²) >= 11 is 0. The highest BCUT2D eigenvalue weighted by molar-refractivity contribution is 6.14. The van der Waals surface area contributed by atoms with Gasteiger partial charge < -0.3 is 9.47 Å². The first-order valence-electron chi connectivity index (χ1n) is 13.0. The smallest absolute Gasteiger partial charge is 0.0641 e. The quantitative estimate of drug-likeness (QED) is 0.237. The molecule has 0 bridgehead atoms. The van der Waals surface area contributed by atoms with Gasteiger partial charge in [0.2, 0.25) is 0 Å². The average Bonchev–Trinajstić information content (AvgIpc) is 3.27. The first kappa shape index (κ1) is 21.0. The number of anilines is 3. The van der Waals surface area contributed by atoms with Crippen LogP contribution in [0.3, 0.4) is 0 Å². The fourth-order valence-electron chi connectivity index (χ4n) is 6.08. The van der Waals surface area contributed by atoms with Gasteiger partial charge in [0.1, 0.15) is 0 Å². The molecule has 2 heterocycles. The van der Waals surface area contributed by atoms with Gasteiger partial charge in [-0.25, -0.2) is 0 Å². The molecule has 1 aliphatic rings. The van der Waals surface area contributed by atoms with Crippen molar-refractivity contribution in [3.8, 4) is 28.1 Å². The second-order valence-corrected chi connectivity index (χ2v) is 9.82. The van der Waals surface area contributed by atoms with Crippen LogP contribution in [0.5, 0.6) is 0 Å². The third kappa shape index (κ3) is 3.01. The summed E-state index contributed by atoms with van der Waals surface area (Å²) in [5, 5.41) is 3.74. The van der Waals surface area contributed by atoms with Crippen LogP contribution in [0.25, 0.3) is 49.7 Å². The van der Waals surface area contributed by atoms with Gasteiger partial charge >= 0.3 is 0 Å². The first-order valence-corrected chi connectivity index (χ1v) is 13.0. The van der Waals surface area contributed by atoms with Crippen LogP contribution in [0.15, 0.2) is 146 Å². The van der Waals surface area contributed by atoms with Crippen LogP contribution in [0, 0.1) is 0 Å². The number of hydrogen-bond donors (Lipinski definition) is 0. The predicted molar refractivity (Wildman–Crippen MR) is 160 cm³/mol. The lowest BCUT2D eigenvalue weighted by Gasteiger charge is -2.28. The first-order chi connectivity index (χ1) is 18.9. The van der Waals surface area contributed by atoms with Crippen molar-refractivity contribution in [2.24, 2.45) is 0 Å². The van der Waals surface area contributed by atoms with E-state index in [1.807, 2.05) is 0 Å². The normalized spacial score (nSPS) is 12.2. The molecule has 7 aromatic rings. The molecule has 8 rings (SSSR count). The molecule has 2 nitrogen and oxygen atoms in total. The number of benzene rings is 6. The maximum Gasteiger partial charge on any atom is 0.0641 e. The molecule has 0 amide bonds. The summed E-state index contributed by atoms with van der Waals surface area (Å²) in [4.78, 5) is 2.43. The second-order valence-electron chi connectivity index (χ2n) is 9.82. The molecular weight excluding hydrogens is 460 g/mol. The van der Waals surface area contributed by atoms with Gasteiger partial charge in [-0.15, -0.1) is 0 Å². The van der Waals surface area contributed by atoms with Crippen molar-refractivity contribution in [3.05, 3.63) is 146 Å². The Morgan fingerprint density at radius 2 is 1.03 bits per heavy atom. The van der Waals surface area contributed by atoms with Crippen molar-refractivity contribution >= 4 is 38.7 Å². The number of rotatable bonds is 2. The van der Waals surface area contributed by atoms with E-state index in [2.05, 4.69) is 155 Å². The summed E-state index contributed by atoms with van der Waals surface area (Å²) in [6.45, 7) is 0. The SMILES string of the molecule is c1ccc(N2c3cc4ccccc4cc3-c3c(n(-c4ccccc4)c4ccccc34)-c3ccccc32)cc1. The van der Waals surface area contributed by atoms with Crippen LogP contribution in [0.4, 0.5) is 17.1 Å². The highest BCUT2D eigenvalue weighted by Crippen LogP contribution is 2.54. The Balaban J connectivity index is 1.61. The number of hydrogen-bond acceptors (Lipinski definition) is 1. The number of para-hydroxylation sites is 4. The molecule has 0 spiro atoms. The van der Waals surface area contributed by atoms with Crippen molar-refractivity contribution in [2.75, 3.05) is 4.90 Å². The molecule has 0 saturated carbocycles.